The average Bonchev–Trinajstić information content (AvgIpc) is 3.77. The standard InChI is InChI=1S/C33H42N8O/c1-4-18-34-30(42)26-23-35-31(39-29(26)38-28-7-5-6-27(37-28)32(2)12-13-32)36-24-8-10-25(11-9-24)41-21-16-33(17-22-41)14-19-40(3)20-15-33/h4-11,23H,1,12-22H2,2-3H3,(H,34,42)(H2,35,36,37,38,39). The third-order valence-electron chi connectivity index (χ3n) is 9.41. The molecule has 1 spiro atoms. The number of amides is 1. The molecule has 3 fully saturated rings. The molecule has 1 amide bonds. The molecule has 3 aliphatic rings. The minimum atomic E-state index is -0.276. The van der Waals surface area contributed by atoms with Crippen molar-refractivity contribution in [3.8, 4) is 0 Å². The Bertz CT molecular complexity index is 1420. The van der Waals surface area contributed by atoms with Crippen LogP contribution in [-0.4, -0.2) is 65.5 Å². The van der Waals surface area contributed by atoms with Crippen molar-refractivity contribution < 1.29 is 4.79 Å². The zero-order valence-electron chi connectivity index (χ0n) is 24.8. The normalized spacial score (nSPS) is 19.2. The summed E-state index contributed by atoms with van der Waals surface area (Å²) in [5.41, 5.74) is 4.20. The maximum Gasteiger partial charge on any atom is 0.256 e. The Labute approximate surface area is 248 Å². The number of likely N-dealkylation sites (tertiary alicyclic amines) is 1. The number of nitrogens with zero attached hydrogens (tertiary/aromatic N) is 5. The Balaban J connectivity index is 1.15. The number of pyridine rings is 1. The first-order valence-electron chi connectivity index (χ1n) is 15.2. The molecular weight excluding hydrogens is 524 g/mol. The van der Waals surface area contributed by atoms with Gasteiger partial charge in [-0.2, -0.15) is 4.98 Å². The Kier molecular flexibility index (Phi) is 7.86. The lowest BCUT2D eigenvalue weighted by Crippen LogP contribution is -2.46. The highest BCUT2D eigenvalue weighted by Crippen LogP contribution is 2.47. The molecule has 2 saturated heterocycles. The van der Waals surface area contributed by atoms with Gasteiger partial charge in [0.2, 0.25) is 5.95 Å². The van der Waals surface area contributed by atoms with E-state index in [0.717, 1.165) is 37.3 Å². The molecule has 6 rings (SSSR count). The van der Waals surface area contributed by atoms with Crippen LogP contribution in [-0.2, 0) is 5.41 Å². The second-order valence-corrected chi connectivity index (χ2v) is 12.5. The molecular formula is C33H42N8O. The molecule has 0 atom stereocenters. The average molecular weight is 567 g/mol. The minimum absolute atomic E-state index is 0.134. The van der Waals surface area contributed by atoms with Crippen molar-refractivity contribution in [2.75, 3.05) is 55.3 Å². The monoisotopic (exact) mass is 566 g/mol. The molecule has 0 radical (unpaired) electrons. The van der Waals surface area contributed by atoms with E-state index in [-0.39, 0.29) is 11.3 Å². The van der Waals surface area contributed by atoms with Gasteiger partial charge in [0.25, 0.3) is 5.91 Å². The van der Waals surface area contributed by atoms with Gasteiger partial charge in [0.15, 0.2) is 0 Å². The third-order valence-corrected chi connectivity index (χ3v) is 9.41. The summed E-state index contributed by atoms with van der Waals surface area (Å²) in [7, 11) is 2.24. The van der Waals surface area contributed by atoms with E-state index in [9.17, 15) is 4.79 Å². The molecule has 2 aromatic heterocycles. The van der Waals surface area contributed by atoms with Gasteiger partial charge in [-0.1, -0.05) is 19.1 Å². The van der Waals surface area contributed by atoms with Gasteiger partial charge in [-0.15, -0.1) is 6.58 Å². The SMILES string of the molecule is C=CCNC(=O)c1cnc(Nc2ccc(N3CCC4(CCN(C)CC4)CC3)cc2)nc1Nc1cccc(C2(C)CC2)n1. The van der Waals surface area contributed by atoms with Crippen LogP contribution in [0, 0.1) is 5.41 Å². The van der Waals surface area contributed by atoms with Crippen LogP contribution in [0.4, 0.5) is 29.0 Å². The third kappa shape index (κ3) is 6.26. The van der Waals surface area contributed by atoms with Crippen LogP contribution in [0.25, 0.3) is 0 Å². The van der Waals surface area contributed by atoms with Crippen molar-refractivity contribution >= 4 is 34.9 Å². The van der Waals surface area contributed by atoms with Gasteiger partial charge in [-0.05, 0) is 100 Å². The number of anilines is 5. The van der Waals surface area contributed by atoms with Crippen LogP contribution < -0.4 is 20.9 Å². The summed E-state index contributed by atoms with van der Waals surface area (Å²) in [6, 6.07) is 14.4. The fraction of sp³-hybridized carbons (Fsp3) is 0.455. The van der Waals surface area contributed by atoms with Gasteiger partial charge in [0.05, 0.1) is 0 Å². The zero-order valence-corrected chi connectivity index (χ0v) is 24.8. The molecule has 42 heavy (non-hydrogen) atoms. The number of carbonyl (C=O) groups excluding carboxylic acids is 1. The molecule has 1 aliphatic carbocycles. The summed E-state index contributed by atoms with van der Waals surface area (Å²) in [5.74, 6) is 1.17. The Morgan fingerprint density at radius 2 is 1.67 bits per heavy atom. The van der Waals surface area contributed by atoms with Gasteiger partial charge < -0.3 is 25.8 Å². The van der Waals surface area contributed by atoms with Crippen LogP contribution in [0.5, 0.6) is 0 Å². The van der Waals surface area contributed by atoms with Crippen molar-refractivity contribution in [1.82, 2.24) is 25.2 Å². The van der Waals surface area contributed by atoms with Crippen molar-refractivity contribution in [1.29, 1.82) is 0 Å². The summed E-state index contributed by atoms with van der Waals surface area (Å²) < 4.78 is 0. The largest absolute Gasteiger partial charge is 0.371 e. The summed E-state index contributed by atoms with van der Waals surface area (Å²) >= 11 is 0. The van der Waals surface area contributed by atoms with Crippen molar-refractivity contribution in [3.63, 3.8) is 0 Å². The van der Waals surface area contributed by atoms with Crippen molar-refractivity contribution in [2.45, 2.75) is 50.9 Å². The van der Waals surface area contributed by atoms with E-state index in [1.807, 2.05) is 12.1 Å². The molecule has 1 aromatic carbocycles. The van der Waals surface area contributed by atoms with Gasteiger partial charge >= 0.3 is 0 Å². The number of hydrogen-bond acceptors (Lipinski definition) is 8. The fourth-order valence-electron chi connectivity index (χ4n) is 6.09. The zero-order chi connectivity index (χ0) is 29.2. The Morgan fingerprint density at radius 1 is 0.952 bits per heavy atom. The Hall–Kier alpha value is -3.98. The highest BCUT2D eigenvalue weighted by atomic mass is 16.1. The van der Waals surface area contributed by atoms with Gasteiger partial charge in [-0.25, -0.2) is 9.97 Å². The lowest BCUT2D eigenvalue weighted by Gasteiger charge is -2.46. The Morgan fingerprint density at radius 3 is 2.36 bits per heavy atom. The number of hydrogen-bond donors (Lipinski definition) is 3. The molecule has 0 bridgehead atoms. The van der Waals surface area contributed by atoms with E-state index in [0.29, 0.717) is 35.1 Å². The van der Waals surface area contributed by atoms with Crippen LogP contribution in [0.15, 0.2) is 61.3 Å². The van der Waals surface area contributed by atoms with Crippen LogP contribution in [0.2, 0.25) is 0 Å². The molecule has 9 nitrogen and oxygen atoms in total. The predicted octanol–water partition coefficient (Wildman–Crippen LogP) is 5.64. The molecule has 220 valence electrons. The molecule has 9 heteroatoms. The fourth-order valence-corrected chi connectivity index (χ4v) is 6.09. The van der Waals surface area contributed by atoms with E-state index in [2.05, 4.69) is 81.6 Å². The molecule has 4 heterocycles. The summed E-state index contributed by atoms with van der Waals surface area (Å²) in [6.45, 7) is 10.9. The maximum absolute atomic E-state index is 12.9. The van der Waals surface area contributed by atoms with Crippen LogP contribution >= 0.6 is 0 Å². The summed E-state index contributed by atoms with van der Waals surface area (Å²) in [6.07, 6.45) is 10.7. The lowest BCUT2D eigenvalue weighted by molar-refractivity contribution is 0.0944. The number of piperidine rings is 2. The second kappa shape index (κ2) is 11.7. The number of rotatable bonds is 9. The lowest BCUT2D eigenvalue weighted by atomic mass is 9.71. The number of aromatic nitrogens is 3. The smallest absolute Gasteiger partial charge is 0.256 e. The highest BCUT2D eigenvalue weighted by Gasteiger charge is 2.40. The van der Waals surface area contributed by atoms with E-state index in [4.69, 9.17) is 9.97 Å². The molecule has 3 N–H and O–H groups in total. The molecule has 2 aliphatic heterocycles. The van der Waals surface area contributed by atoms with E-state index >= 15 is 0 Å². The highest BCUT2D eigenvalue weighted by molar-refractivity contribution is 5.99. The van der Waals surface area contributed by atoms with Crippen molar-refractivity contribution in [3.05, 3.63) is 72.6 Å². The predicted molar refractivity (Wildman–Crippen MR) is 169 cm³/mol. The van der Waals surface area contributed by atoms with Gasteiger partial charge in [0.1, 0.15) is 17.2 Å². The quantitative estimate of drug-likeness (QED) is 0.287. The summed E-state index contributed by atoms with van der Waals surface area (Å²) in [5, 5.41) is 9.41. The maximum atomic E-state index is 12.9. The number of carbonyl (C=O) groups is 1. The second-order valence-electron chi connectivity index (χ2n) is 12.5. The van der Waals surface area contributed by atoms with E-state index in [1.54, 1.807) is 12.3 Å². The van der Waals surface area contributed by atoms with E-state index in [1.165, 1.54) is 44.5 Å². The molecule has 3 aromatic rings. The van der Waals surface area contributed by atoms with Gasteiger partial charge in [-0.3, -0.25) is 4.79 Å². The van der Waals surface area contributed by atoms with Crippen molar-refractivity contribution in [2.24, 2.45) is 5.41 Å². The molecule has 0 unspecified atom stereocenters. The first-order chi connectivity index (χ1) is 20.3. The first kappa shape index (κ1) is 28.2. The minimum Gasteiger partial charge on any atom is -0.371 e. The van der Waals surface area contributed by atoms with E-state index < -0.39 is 0 Å². The van der Waals surface area contributed by atoms with Gasteiger partial charge in [0, 0.05) is 48.3 Å². The van der Waals surface area contributed by atoms with Crippen LogP contribution in [0.3, 0.4) is 0 Å². The molecule has 1 saturated carbocycles. The number of nitrogens with one attached hydrogen (secondary N) is 3. The topological polar surface area (TPSA) is 98.3 Å². The number of benzene rings is 1. The van der Waals surface area contributed by atoms with Crippen LogP contribution in [0.1, 0.15) is 61.5 Å². The first-order valence-corrected chi connectivity index (χ1v) is 15.2. The summed E-state index contributed by atoms with van der Waals surface area (Å²) in [4.78, 5) is 31.8.